The van der Waals surface area contributed by atoms with Crippen LogP contribution in [0, 0.1) is 0 Å². The second-order valence-electron chi connectivity index (χ2n) is 4.76. The highest BCUT2D eigenvalue weighted by Gasteiger charge is 2.20. The highest BCUT2D eigenvalue weighted by Crippen LogP contribution is 2.30. The quantitative estimate of drug-likeness (QED) is 0.888. The molecular weight excluding hydrogens is 302 g/mol. The van der Waals surface area contributed by atoms with Gasteiger partial charge in [0.1, 0.15) is 11.5 Å². The Hall–Kier alpha value is -2.05. The summed E-state index contributed by atoms with van der Waals surface area (Å²) in [6.45, 7) is 1.76. The summed E-state index contributed by atoms with van der Waals surface area (Å²) in [4.78, 5) is 0.226. The maximum atomic E-state index is 12.4. The van der Waals surface area contributed by atoms with E-state index >= 15 is 0 Å². The third-order valence-electron chi connectivity index (χ3n) is 3.29. The summed E-state index contributed by atoms with van der Waals surface area (Å²) in [5.41, 5.74) is 0.710. The van der Waals surface area contributed by atoms with Crippen LogP contribution in [0.15, 0.2) is 53.4 Å². The van der Waals surface area contributed by atoms with Crippen LogP contribution in [0.4, 0.5) is 0 Å². The van der Waals surface area contributed by atoms with Crippen molar-refractivity contribution in [2.45, 2.75) is 17.9 Å². The van der Waals surface area contributed by atoms with Gasteiger partial charge in [0.15, 0.2) is 0 Å². The van der Waals surface area contributed by atoms with Gasteiger partial charge in [-0.3, -0.25) is 0 Å². The van der Waals surface area contributed by atoms with E-state index in [2.05, 4.69) is 4.72 Å². The van der Waals surface area contributed by atoms with E-state index in [9.17, 15) is 8.42 Å². The van der Waals surface area contributed by atoms with Crippen LogP contribution in [0.2, 0.25) is 0 Å². The Morgan fingerprint density at radius 3 is 2.27 bits per heavy atom. The summed E-state index contributed by atoms with van der Waals surface area (Å²) in [6.07, 6.45) is 0. The van der Waals surface area contributed by atoms with E-state index in [0.717, 1.165) is 0 Å². The minimum Gasteiger partial charge on any atom is -0.497 e. The van der Waals surface area contributed by atoms with Crippen molar-refractivity contribution in [2.24, 2.45) is 0 Å². The van der Waals surface area contributed by atoms with Crippen molar-refractivity contribution >= 4 is 10.0 Å². The summed E-state index contributed by atoms with van der Waals surface area (Å²) in [5, 5.41) is 0. The van der Waals surface area contributed by atoms with Gasteiger partial charge < -0.3 is 9.47 Å². The predicted molar refractivity (Wildman–Crippen MR) is 84.7 cm³/mol. The van der Waals surface area contributed by atoms with Crippen LogP contribution in [0.5, 0.6) is 11.5 Å². The van der Waals surface area contributed by atoms with Crippen molar-refractivity contribution in [3.8, 4) is 11.5 Å². The van der Waals surface area contributed by atoms with Gasteiger partial charge in [0.2, 0.25) is 10.0 Å². The van der Waals surface area contributed by atoms with Crippen LogP contribution in [-0.2, 0) is 10.0 Å². The van der Waals surface area contributed by atoms with Crippen LogP contribution < -0.4 is 14.2 Å². The fourth-order valence-electron chi connectivity index (χ4n) is 2.14. The lowest BCUT2D eigenvalue weighted by atomic mass is 10.1. The van der Waals surface area contributed by atoms with Crippen LogP contribution >= 0.6 is 0 Å². The van der Waals surface area contributed by atoms with Crippen molar-refractivity contribution in [1.82, 2.24) is 4.72 Å². The molecule has 0 saturated carbocycles. The topological polar surface area (TPSA) is 64.6 Å². The molecule has 0 aliphatic heterocycles. The molecule has 6 heteroatoms. The van der Waals surface area contributed by atoms with Gasteiger partial charge in [-0.2, -0.15) is 0 Å². The SMILES string of the molecule is COc1ccc(OC)c(C(C)NS(=O)(=O)c2ccccc2)c1. The predicted octanol–water partition coefficient (Wildman–Crippen LogP) is 2.74. The lowest BCUT2D eigenvalue weighted by Crippen LogP contribution is -2.27. The average Bonchev–Trinajstić information content (AvgIpc) is 2.54. The molecule has 2 aromatic rings. The molecule has 0 amide bonds. The summed E-state index contributed by atoms with van der Waals surface area (Å²) in [6, 6.07) is 13.1. The Labute approximate surface area is 130 Å². The van der Waals surface area contributed by atoms with E-state index in [0.29, 0.717) is 17.1 Å². The average molecular weight is 321 g/mol. The Kier molecular flexibility index (Phi) is 5.05. The molecule has 0 aromatic heterocycles. The number of rotatable bonds is 6. The smallest absolute Gasteiger partial charge is 0.241 e. The number of hydrogen-bond acceptors (Lipinski definition) is 4. The number of methoxy groups -OCH3 is 2. The zero-order chi connectivity index (χ0) is 16.2. The van der Waals surface area contributed by atoms with Crippen LogP contribution in [0.1, 0.15) is 18.5 Å². The maximum Gasteiger partial charge on any atom is 0.241 e. The number of hydrogen-bond donors (Lipinski definition) is 1. The van der Waals surface area contributed by atoms with E-state index in [4.69, 9.17) is 9.47 Å². The fraction of sp³-hybridized carbons (Fsp3) is 0.250. The lowest BCUT2D eigenvalue weighted by molar-refractivity contribution is 0.395. The molecule has 0 radical (unpaired) electrons. The molecule has 0 aliphatic carbocycles. The molecule has 1 N–H and O–H groups in total. The molecule has 22 heavy (non-hydrogen) atoms. The second-order valence-corrected chi connectivity index (χ2v) is 6.48. The molecular formula is C16H19NO4S. The van der Waals surface area contributed by atoms with Gasteiger partial charge in [-0.25, -0.2) is 13.1 Å². The molecule has 0 heterocycles. The molecule has 1 unspecified atom stereocenters. The number of sulfonamides is 1. The van der Waals surface area contributed by atoms with Crippen LogP contribution in [0.3, 0.4) is 0 Å². The minimum absolute atomic E-state index is 0.226. The first-order valence-corrected chi connectivity index (χ1v) is 8.25. The molecule has 118 valence electrons. The summed E-state index contributed by atoms with van der Waals surface area (Å²) in [7, 11) is -0.493. The Morgan fingerprint density at radius 2 is 1.68 bits per heavy atom. The first kappa shape index (κ1) is 16.3. The van der Waals surface area contributed by atoms with Gasteiger partial charge in [-0.1, -0.05) is 18.2 Å². The van der Waals surface area contributed by atoms with Gasteiger partial charge in [0, 0.05) is 11.6 Å². The van der Waals surface area contributed by atoms with Gasteiger partial charge >= 0.3 is 0 Å². The first-order valence-electron chi connectivity index (χ1n) is 6.77. The van der Waals surface area contributed by atoms with Crippen molar-refractivity contribution in [2.75, 3.05) is 14.2 Å². The normalized spacial score (nSPS) is 12.7. The fourth-order valence-corrected chi connectivity index (χ4v) is 3.39. The molecule has 2 aromatic carbocycles. The van der Waals surface area contributed by atoms with Gasteiger partial charge in [0.05, 0.1) is 19.1 Å². The van der Waals surface area contributed by atoms with Gasteiger partial charge in [-0.15, -0.1) is 0 Å². The molecule has 1 atom stereocenters. The number of ether oxygens (including phenoxy) is 2. The summed E-state index contributed by atoms with van der Waals surface area (Å²) >= 11 is 0. The lowest BCUT2D eigenvalue weighted by Gasteiger charge is -2.18. The minimum atomic E-state index is -3.60. The van der Waals surface area contributed by atoms with E-state index in [1.165, 1.54) is 0 Å². The van der Waals surface area contributed by atoms with Gasteiger partial charge in [-0.05, 0) is 37.3 Å². The molecule has 0 spiro atoms. The molecule has 5 nitrogen and oxygen atoms in total. The zero-order valence-electron chi connectivity index (χ0n) is 12.7. The van der Waals surface area contributed by atoms with Gasteiger partial charge in [0.25, 0.3) is 0 Å². The molecule has 0 saturated heterocycles. The van der Waals surface area contributed by atoms with Crippen LogP contribution in [0.25, 0.3) is 0 Å². The molecule has 0 fully saturated rings. The monoisotopic (exact) mass is 321 g/mol. The molecule has 0 bridgehead atoms. The van der Waals surface area contributed by atoms with Crippen molar-refractivity contribution in [3.63, 3.8) is 0 Å². The molecule has 0 aliphatic rings. The zero-order valence-corrected chi connectivity index (χ0v) is 13.6. The van der Waals surface area contributed by atoms with E-state index in [1.54, 1.807) is 69.7 Å². The molecule has 2 rings (SSSR count). The third-order valence-corrected chi connectivity index (χ3v) is 4.85. The third kappa shape index (κ3) is 3.58. The van der Waals surface area contributed by atoms with Crippen LogP contribution in [-0.4, -0.2) is 22.6 Å². The summed E-state index contributed by atoms with van der Waals surface area (Å²) < 4.78 is 37.9. The Morgan fingerprint density at radius 1 is 1.00 bits per heavy atom. The largest absolute Gasteiger partial charge is 0.497 e. The van der Waals surface area contributed by atoms with Crippen molar-refractivity contribution in [3.05, 3.63) is 54.1 Å². The van der Waals surface area contributed by atoms with Crippen molar-refractivity contribution in [1.29, 1.82) is 0 Å². The Bertz CT molecular complexity index is 729. The highest BCUT2D eigenvalue weighted by atomic mass is 32.2. The summed E-state index contributed by atoms with van der Waals surface area (Å²) in [5.74, 6) is 1.24. The van der Waals surface area contributed by atoms with E-state index in [1.807, 2.05) is 0 Å². The standard InChI is InChI=1S/C16H19NO4S/c1-12(15-11-13(20-2)9-10-16(15)21-3)17-22(18,19)14-7-5-4-6-8-14/h4-12,17H,1-3H3. The second kappa shape index (κ2) is 6.81. The Balaban J connectivity index is 2.31. The van der Waals surface area contributed by atoms with E-state index in [-0.39, 0.29) is 4.90 Å². The van der Waals surface area contributed by atoms with E-state index < -0.39 is 16.1 Å². The first-order chi connectivity index (χ1) is 10.5. The number of nitrogens with one attached hydrogen (secondary N) is 1. The number of benzene rings is 2. The maximum absolute atomic E-state index is 12.4. The highest BCUT2D eigenvalue weighted by molar-refractivity contribution is 7.89. The van der Waals surface area contributed by atoms with Crippen molar-refractivity contribution < 1.29 is 17.9 Å².